The highest BCUT2D eigenvalue weighted by atomic mass is 19.1. The van der Waals surface area contributed by atoms with Crippen LogP contribution >= 0.6 is 0 Å². The van der Waals surface area contributed by atoms with Crippen molar-refractivity contribution in [2.75, 3.05) is 88.2 Å². The quantitative estimate of drug-likeness (QED) is 0.0400. The van der Waals surface area contributed by atoms with E-state index in [-0.39, 0.29) is 136 Å². The van der Waals surface area contributed by atoms with Crippen LogP contribution in [0.3, 0.4) is 0 Å². The largest absolute Gasteiger partial charge is 0.382 e. The Hall–Kier alpha value is -16.9. The van der Waals surface area contributed by atoms with Crippen LogP contribution in [-0.4, -0.2) is 202 Å². The molecule has 5 aliphatic rings. The van der Waals surface area contributed by atoms with E-state index in [2.05, 4.69) is 81.7 Å². The van der Waals surface area contributed by atoms with E-state index in [0.29, 0.717) is 198 Å². The molecule has 0 bridgehead atoms. The maximum atomic E-state index is 13.5. The van der Waals surface area contributed by atoms with Gasteiger partial charge in [0.2, 0.25) is 11.8 Å². The van der Waals surface area contributed by atoms with Gasteiger partial charge in [0.25, 0.3) is 29.5 Å². The fraction of sp³-hybridized carbons (Fsp3) is 0.204. The minimum Gasteiger partial charge on any atom is -0.382 e. The number of amides is 9. The lowest BCUT2D eigenvalue weighted by Crippen LogP contribution is -2.62. The van der Waals surface area contributed by atoms with Crippen LogP contribution in [-0.2, 0) is 14.3 Å². The monoisotopic (exact) mass is 1840 g/mol. The summed E-state index contributed by atoms with van der Waals surface area (Å²) >= 11 is 0. The Morgan fingerprint density at radius 1 is 0.346 bits per heavy atom. The van der Waals surface area contributed by atoms with Crippen molar-refractivity contribution in [2.24, 2.45) is 0 Å². The third-order valence-electron chi connectivity index (χ3n) is 23.3. The van der Waals surface area contributed by atoms with Gasteiger partial charge in [-0.15, -0.1) is 0 Å². The van der Waals surface area contributed by atoms with Gasteiger partial charge in [-0.2, -0.15) is 0 Å². The zero-order chi connectivity index (χ0) is 95.7. The normalized spacial score (nSPS) is 14.0. The predicted molar refractivity (Wildman–Crippen MR) is 503 cm³/mol. The fourth-order valence-corrected chi connectivity index (χ4v) is 15.5. The number of hydrogen-bond acceptors (Lipinski definition) is 24. The summed E-state index contributed by atoms with van der Waals surface area (Å²) in [6.07, 6.45) is 10.8. The second kappa shape index (κ2) is 40.4. The molecular formula is C98H89F5N24O9. The number of benzene rings is 5. The van der Waals surface area contributed by atoms with E-state index in [1.54, 1.807) is 143 Å². The van der Waals surface area contributed by atoms with Gasteiger partial charge < -0.3 is 80.0 Å². The molecule has 20 rings (SSSR count). The van der Waals surface area contributed by atoms with E-state index in [4.69, 9.17) is 33.4 Å². The van der Waals surface area contributed by atoms with E-state index in [9.17, 15) is 60.3 Å². The average Bonchev–Trinajstić information content (AvgIpc) is 0.740. The Morgan fingerprint density at radius 3 is 0.816 bits per heavy atom. The molecule has 4 aliphatic heterocycles. The number of carbonyl (C=O) groups excluding carboxylic acids is 8. The lowest BCUT2D eigenvalue weighted by atomic mass is 9.93. The summed E-state index contributed by atoms with van der Waals surface area (Å²) in [7, 11) is 1.56. The van der Waals surface area contributed by atoms with Crippen molar-refractivity contribution in [2.45, 2.75) is 69.7 Å². The van der Waals surface area contributed by atoms with Crippen molar-refractivity contribution >= 4 is 131 Å². The van der Waals surface area contributed by atoms with E-state index < -0.39 is 0 Å². The zero-order valence-corrected chi connectivity index (χ0v) is 73.3. The molecule has 16 N–H and O–H groups in total. The number of pyridine rings is 10. The van der Waals surface area contributed by atoms with Crippen molar-refractivity contribution in [1.82, 2.24) is 96.4 Å². The molecule has 1 saturated carbocycles. The van der Waals surface area contributed by atoms with Crippen LogP contribution < -0.4 is 60.6 Å². The van der Waals surface area contributed by atoms with Crippen molar-refractivity contribution in [3.63, 3.8) is 0 Å². The third-order valence-corrected chi connectivity index (χ3v) is 23.3. The molecule has 5 fully saturated rings. The number of ether oxygens (including phenoxy) is 1. The van der Waals surface area contributed by atoms with Gasteiger partial charge in [-0.3, -0.25) is 33.6 Å². The summed E-state index contributed by atoms with van der Waals surface area (Å²) < 4.78 is 72.5. The minimum absolute atomic E-state index is 0.0135. The first-order valence-corrected chi connectivity index (χ1v) is 43.3. The summed E-state index contributed by atoms with van der Waals surface area (Å²) in [4.78, 5) is 145. The first-order valence-electron chi connectivity index (χ1n) is 43.3. The molecule has 5 aromatic carbocycles. The molecule has 0 unspecified atom stereocenters. The standard InChI is InChI=1S/C21H20FN5O2.C20H19FN6O2.C20H18FN5O2.C19H17FN4O.C18H15FN4O2/c1-2-18(28)27-10-14(11-27)25-21(29)16-9-24-20(23)19-15(16)6-7-17(26-19)12-4-3-5-13(22)8-12;1-23-20(29)27-9-13(10-27)25-19(28)15-8-24-18(22)17-14(15)5-6-16(26-17)11-3-2-4-12(21)7-11;1-11(27)26-9-14(10-26)24-20(28)16-8-23-19(22)18-15(16)5-6-17(25-18)12-3-2-4-13(21)7-12;20-12-4-1-3-11(9-12)16-8-7-14-15(10-22-18(21)17(14)24-16)19(25)23-13-5-2-6-13;19-11-3-1-2-10(6-11)15-5-4-13-14(7-21-17(20)16(13)23-15)18(24)22-12-8-25-9-12/h3-9,14H,2,10-11H2,1H3,(H2,23,24)(H,25,29);2-8,13H,9-10H2,1H3,(H2,22,24)(H,23,29)(H,25,28);2-8,14H,9-10H2,1H3,(H2,22,23)(H,24,28);1,3-4,7-10,13H,2,5-6H2,(H2,21,22)(H,23,25);1-7,12H,8-9H2,(H2,20,21)(H,22,24). The number of carbonyl (C=O) groups is 8. The van der Waals surface area contributed by atoms with Gasteiger partial charge in [0.15, 0.2) is 0 Å². The topological polar surface area (TPSA) is 487 Å². The van der Waals surface area contributed by atoms with Crippen molar-refractivity contribution < 1.29 is 65.0 Å². The van der Waals surface area contributed by atoms with Crippen LogP contribution in [0.5, 0.6) is 0 Å². The number of aromatic nitrogens is 10. The van der Waals surface area contributed by atoms with Gasteiger partial charge in [0, 0.05) is 151 Å². The van der Waals surface area contributed by atoms with Crippen molar-refractivity contribution in [3.8, 4) is 56.3 Å². The number of anilines is 5. The second-order valence-corrected chi connectivity index (χ2v) is 32.7. The van der Waals surface area contributed by atoms with Gasteiger partial charge >= 0.3 is 6.03 Å². The molecule has 0 spiro atoms. The summed E-state index contributed by atoms with van der Waals surface area (Å²) in [6.45, 7) is 7.18. The third kappa shape index (κ3) is 20.8. The number of nitrogens with zero attached hydrogens (tertiary/aromatic N) is 13. The lowest BCUT2D eigenvalue weighted by molar-refractivity contribution is -0.135. The number of hydrogen-bond donors (Lipinski definition) is 11. The summed E-state index contributed by atoms with van der Waals surface area (Å²) in [5, 5.41) is 20.0. The van der Waals surface area contributed by atoms with Crippen LogP contribution in [0.4, 0.5) is 55.8 Å². The van der Waals surface area contributed by atoms with Gasteiger partial charge in [-0.25, -0.2) is 76.6 Å². The Balaban J connectivity index is 0.000000123. The highest BCUT2D eigenvalue weighted by molar-refractivity contribution is 6.13. The van der Waals surface area contributed by atoms with Crippen LogP contribution in [0.25, 0.3) is 111 Å². The van der Waals surface area contributed by atoms with Crippen LogP contribution in [0.1, 0.15) is 91.3 Å². The molecule has 14 heterocycles. The molecule has 15 aromatic rings. The Kier molecular flexibility index (Phi) is 27.5. The van der Waals surface area contributed by atoms with Gasteiger partial charge in [0.05, 0.1) is 93.7 Å². The molecule has 690 valence electrons. The summed E-state index contributed by atoms with van der Waals surface area (Å²) in [5.74, 6) is -2.00. The maximum absolute atomic E-state index is 13.5. The number of urea groups is 1. The summed E-state index contributed by atoms with van der Waals surface area (Å²) in [6, 6.07) is 47.7. The highest BCUT2D eigenvalue weighted by Gasteiger charge is 2.35. The summed E-state index contributed by atoms with van der Waals surface area (Å²) in [5.41, 5.74) is 39.6. The molecule has 4 saturated heterocycles. The smallest absolute Gasteiger partial charge is 0.317 e. The van der Waals surface area contributed by atoms with Crippen LogP contribution in [0.2, 0.25) is 0 Å². The molecule has 33 nitrogen and oxygen atoms in total. The molecule has 1 aliphatic carbocycles. The number of rotatable bonds is 16. The number of likely N-dealkylation sites (tertiary alicyclic amines) is 3. The molecule has 0 atom stereocenters. The molecule has 10 aromatic heterocycles. The minimum atomic E-state index is -0.366. The van der Waals surface area contributed by atoms with Crippen molar-refractivity contribution in [3.05, 3.63) is 270 Å². The van der Waals surface area contributed by atoms with Crippen LogP contribution in [0, 0.1) is 29.1 Å². The second-order valence-electron chi connectivity index (χ2n) is 32.7. The number of nitrogens with two attached hydrogens (primary N) is 5. The maximum Gasteiger partial charge on any atom is 0.317 e. The first kappa shape index (κ1) is 92.3. The fourth-order valence-electron chi connectivity index (χ4n) is 15.5. The Bertz CT molecular complexity index is 6890. The van der Waals surface area contributed by atoms with Gasteiger partial charge in [0.1, 0.15) is 85.8 Å². The number of nitrogens with one attached hydrogen (secondary N) is 6. The molecule has 136 heavy (non-hydrogen) atoms. The molecule has 0 radical (unpaired) electrons. The first-order chi connectivity index (χ1) is 65.6. The number of nitrogen functional groups attached to an aromatic ring is 5. The number of halogens is 5. The van der Waals surface area contributed by atoms with Crippen LogP contribution in [0.15, 0.2) is 213 Å². The Morgan fingerprint density at radius 2 is 0.596 bits per heavy atom. The zero-order valence-electron chi connectivity index (χ0n) is 73.3. The van der Waals surface area contributed by atoms with E-state index in [1.807, 2.05) is 6.92 Å². The average molecular weight is 1840 g/mol. The SMILES string of the molecule is CC(=O)N1CC(NC(=O)c2cnc(N)c3nc(-c4cccc(F)c4)ccc23)C1.CCC(=O)N1CC(NC(=O)c2cnc(N)c3nc(-c4cccc(F)c4)ccc23)C1.CNC(=O)N1CC(NC(=O)c2cnc(N)c3nc(-c4cccc(F)c4)ccc23)C1.Nc1ncc(C(=O)NC2CCC2)c2ccc(-c3cccc(F)c3)nc12.Nc1ncc(C(=O)NC2COC2)c2ccc(-c3cccc(F)c3)nc12. The van der Waals surface area contributed by atoms with Gasteiger partial charge in [-0.1, -0.05) is 67.6 Å². The number of fused-ring (bicyclic) bond motifs is 5. The molecule has 38 heteroatoms. The molecular weight excluding hydrogens is 1750 g/mol. The van der Waals surface area contributed by atoms with E-state index >= 15 is 0 Å². The van der Waals surface area contributed by atoms with Crippen molar-refractivity contribution in [1.29, 1.82) is 0 Å². The Labute approximate surface area is 772 Å². The van der Waals surface area contributed by atoms with E-state index in [0.717, 1.165) is 19.3 Å². The highest BCUT2D eigenvalue weighted by Crippen LogP contribution is 2.34. The van der Waals surface area contributed by atoms with Gasteiger partial charge in [-0.05, 0) is 141 Å². The lowest BCUT2D eigenvalue weighted by Gasteiger charge is -2.39. The predicted octanol–water partition coefficient (Wildman–Crippen LogP) is 11.6. The molecule has 9 amide bonds. The van der Waals surface area contributed by atoms with E-state index in [1.165, 1.54) is 98.6 Å².